The van der Waals surface area contributed by atoms with Gasteiger partial charge in [0.15, 0.2) is 0 Å². The molecule has 4 heteroatoms. The molecule has 0 saturated heterocycles. The molecule has 1 nitrogen and oxygen atoms in total. The van der Waals surface area contributed by atoms with Crippen LogP contribution in [-0.4, -0.2) is 19.4 Å². The van der Waals surface area contributed by atoms with Gasteiger partial charge in [-0.1, -0.05) is 41.0 Å². The average Bonchev–Trinajstić information content (AvgIpc) is 2.24. The molecule has 0 unspecified atom stereocenters. The lowest BCUT2D eigenvalue weighted by atomic mass is 9.78. The van der Waals surface area contributed by atoms with Crippen LogP contribution in [0.2, 0.25) is 0 Å². The quantitative estimate of drug-likeness (QED) is 0.598. The molecule has 0 saturated carbocycles. The van der Waals surface area contributed by atoms with E-state index in [0.717, 1.165) is 6.42 Å². The molecule has 0 heterocycles. The smallest absolute Gasteiger partial charge is 0.381 e. The van der Waals surface area contributed by atoms with E-state index in [1.807, 2.05) is 20.8 Å². The monoisotopic (exact) mass is 268 g/mol. The fraction of sp³-hybridized carbons (Fsp3) is 1.00. The van der Waals surface area contributed by atoms with Gasteiger partial charge in [-0.3, -0.25) is 0 Å². The van der Waals surface area contributed by atoms with Crippen molar-refractivity contribution in [1.82, 2.24) is 0 Å². The summed E-state index contributed by atoms with van der Waals surface area (Å²) in [4.78, 5) is 0. The van der Waals surface area contributed by atoms with Gasteiger partial charge in [-0.15, -0.1) is 0 Å². The normalized spacial score (nSPS) is 16.7. The Hall–Kier alpha value is -0.250. The van der Waals surface area contributed by atoms with Crippen molar-refractivity contribution in [2.24, 2.45) is 17.3 Å². The molecule has 0 radical (unpaired) electrons. The summed E-state index contributed by atoms with van der Waals surface area (Å²) >= 11 is 0. The van der Waals surface area contributed by atoms with Crippen molar-refractivity contribution in [1.29, 1.82) is 0 Å². The van der Waals surface area contributed by atoms with Gasteiger partial charge < -0.3 is 4.74 Å². The molecule has 0 N–H and O–H groups in total. The van der Waals surface area contributed by atoms with Crippen molar-refractivity contribution in [3.05, 3.63) is 0 Å². The standard InChI is InChI=1S/C14H27F3O/c1-6-11(2)9-18-10-13(4,5)12(3)7-8-14(15,16)17/h11-12H,6-10H2,1-5H3/t11-,12+/m1/s1. The maximum Gasteiger partial charge on any atom is 0.389 e. The summed E-state index contributed by atoms with van der Waals surface area (Å²) in [5, 5.41) is 0. The molecule has 0 aliphatic carbocycles. The lowest BCUT2D eigenvalue weighted by molar-refractivity contribution is -0.140. The van der Waals surface area contributed by atoms with E-state index in [0.29, 0.717) is 19.1 Å². The van der Waals surface area contributed by atoms with Crippen molar-refractivity contribution < 1.29 is 17.9 Å². The third-order valence-electron chi connectivity index (χ3n) is 3.77. The Labute approximate surface area is 109 Å². The highest BCUT2D eigenvalue weighted by Gasteiger charge is 2.32. The van der Waals surface area contributed by atoms with Crippen molar-refractivity contribution in [2.75, 3.05) is 13.2 Å². The molecule has 0 aliphatic rings. The van der Waals surface area contributed by atoms with Crippen molar-refractivity contribution in [3.8, 4) is 0 Å². The van der Waals surface area contributed by atoms with E-state index in [2.05, 4.69) is 13.8 Å². The summed E-state index contributed by atoms with van der Waals surface area (Å²) < 4.78 is 42.2. The van der Waals surface area contributed by atoms with Gasteiger partial charge in [-0.05, 0) is 23.7 Å². The minimum absolute atomic E-state index is 0.00365. The Kier molecular flexibility index (Phi) is 7.26. The fourth-order valence-corrected chi connectivity index (χ4v) is 1.55. The van der Waals surface area contributed by atoms with Gasteiger partial charge in [0, 0.05) is 13.0 Å². The third kappa shape index (κ3) is 7.96. The number of hydrogen-bond donors (Lipinski definition) is 0. The molecule has 0 aromatic carbocycles. The van der Waals surface area contributed by atoms with Crippen LogP contribution >= 0.6 is 0 Å². The molecular weight excluding hydrogens is 241 g/mol. The van der Waals surface area contributed by atoms with E-state index in [1.54, 1.807) is 0 Å². The number of halogens is 3. The van der Waals surface area contributed by atoms with Crippen molar-refractivity contribution >= 4 is 0 Å². The van der Waals surface area contributed by atoms with Crippen LogP contribution in [0, 0.1) is 17.3 Å². The topological polar surface area (TPSA) is 9.23 Å². The molecule has 0 amide bonds. The molecule has 0 fully saturated rings. The number of ether oxygens (including phenoxy) is 1. The molecule has 110 valence electrons. The zero-order chi connectivity index (χ0) is 14.4. The lowest BCUT2D eigenvalue weighted by Gasteiger charge is -2.32. The first-order valence-corrected chi connectivity index (χ1v) is 6.73. The van der Waals surface area contributed by atoms with Crippen LogP contribution in [0.1, 0.15) is 53.9 Å². The Bertz CT molecular complexity index is 224. The van der Waals surface area contributed by atoms with Crippen LogP contribution in [-0.2, 0) is 4.74 Å². The predicted octanol–water partition coefficient (Wildman–Crippen LogP) is 5.05. The Morgan fingerprint density at radius 2 is 1.67 bits per heavy atom. The third-order valence-corrected chi connectivity index (χ3v) is 3.77. The molecule has 0 rings (SSSR count). The molecule has 0 bridgehead atoms. The van der Waals surface area contributed by atoms with E-state index in [-0.39, 0.29) is 17.8 Å². The Morgan fingerprint density at radius 3 is 2.11 bits per heavy atom. The highest BCUT2D eigenvalue weighted by atomic mass is 19.4. The molecular formula is C14H27F3O. The van der Waals surface area contributed by atoms with Crippen molar-refractivity contribution in [3.63, 3.8) is 0 Å². The molecule has 2 atom stereocenters. The van der Waals surface area contributed by atoms with Gasteiger partial charge in [-0.25, -0.2) is 0 Å². The summed E-state index contributed by atoms with van der Waals surface area (Å²) in [5.74, 6) is 0.502. The zero-order valence-corrected chi connectivity index (χ0v) is 12.2. The Morgan fingerprint density at radius 1 is 1.11 bits per heavy atom. The Balaban J connectivity index is 4.03. The van der Waals surface area contributed by atoms with Crippen LogP contribution in [0.3, 0.4) is 0 Å². The molecule has 0 aromatic heterocycles. The highest BCUT2D eigenvalue weighted by molar-refractivity contribution is 4.76. The van der Waals surface area contributed by atoms with Gasteiger partial charge in [-0.2, -0.15) is 13.2 Å². The second kappa shape index (κ2) is 7.37. The minimum atomic E-state index is -4.05. The number of rotatable bonds is 8. The SMILES string of the molecule is CC[C@@H](C)COCC(C)(C)[C@@H](C)CCC(F)(F)F. The maximum absolute atomic E-state index is 12.2. The minimum Gasteiger partial charge on any atom is -0.381 e. The first kappa shape index (κ1) is 17.8. The van der Waals surface area contributed by atoms with Gasteiger partial charge in [0.1, 0.15) is 0 Å². The maximum atomic E-state index is 12.2. The number of hydrogen-bond acceptors (Lipinski definition) is 1. The van der Waals surface area contributed by atoms with Gasteiger partial charge in [0.2, 0.25) is 0 Å². The van der Waals surface area contributed by atoms with Crippen LogP contribution in [0.4, 0.5) is 13.2 Å². The highest BCUT2D eigenvalue weighted by Crippen LogP contribution is 2.34. The molecule has 0 aromatic rings. The summed E-state index contributed by atoms with van der Waals surface area (Å²) in [6.45, 7) is 11.3. The van der Waals surface area contributed by atoms with Gasteiger partial charge >= 0.3 is 6.18 Å². The second-order valence-electron chi connectivity index (χ2n) is 6.07. The van der Waals surface area contributed by atoms with Gasteiger partial charge in [0.25, 0.3) is 0 Å². The van der Waals surface area contributed by atoms with Crippen LogP contribution in [0.25, 0.3) is 0 Å². The molecule has 0 aliphatic heterocycles. The van der Waals surface area contributed by atoms with E-state index < -0.39 is 12.6 Å². The number of alkyl halides is 3. The molecule has 18 heavy (non-hydrogen) atoms. The second-order valence-corrected chi connectivity index (χ2v) is 6.07. The summed E-state index contributed by atoms with van der Waals surface area (Å²) in [6.07, 6.45) is -3.53. The fourth-order valence-electron chi connectivity index (χ4n) is 1.55. The lowest BCUT2D eigenvalue weighted by Crippen LogP contribution is -2.29. The van der Waals surface area contributed by atoms with E-state index in [9.17, 15) is 13.2 Å². The van der Waals surface area contributed by atoms with Crippen LogP contribution in [0.5, 0.6) is 0 Å². The zero-order valence-electron chi connectivity index (χ0n) is 12.2. The largest absolute Gasteiger partial charge is 0.389 e. The first-order valence-electron chi connectivity index (χ1n) is 6.73. The molecule has 0 spiro atoms. The van der Waals surface area contributed by atoms with Gasteiger partial charge in [0.05, 0.1) is 6.61 Å². The first-order chi connectivity index (χ1) is 8.08. The summed E-state index contributed by atoms with van der Waals surface area (Å²) in [6, 6.07) is 0. The van der Waals surface area contributed by atoms with E-state index >= 15 is 0 Å². The van der Waals surface area contributed by atoms with E-state index in [1.165, 1.54) is 0 Å². The summed E-state index contributed by atoms with van der Waals surface area (Å²) in [5.41, 5.74) is -0.210. The van der Waals surface area contributed by atoms with Crippen LogP contribution < -0.4 is 0 Å². The van der Waals surface area contributed by atoms with Crippen LogP contribution in [0.15, 0.2) is 0 Å². The van der Waals surface area contributed by atoms with E-state index in [4.69, 9.17) is 4.74 Å². The predicted molar refractivity (Wildman–Crippen MR) is 68.5 cm³/mol. The van der Waals surface area contributed by atoms with Crippen molar-refractivity contribution in [2.45, 2.75) is 60.1 Å². The average molecular weight is 268 g/mol. The summed E-state index contributed by atoms with van der Waals surface area (Å²) in [7, 11) is 0.